The molecule has 0 aliphatic heterocycles. The van der Waals surface area contributed by atoms with Crippen LogP contribution in [0.2, 0.25) is 0 Å². The summed E-state index contributed by atoms with van der Waals surface area (Å²) in [7, 11) is 0. The molecule has 0 aromatic rings. The second kappa shape index (κ2) is 33.5. The van der Waals surface area contributed by atoms with Gasteiger partial charge >= 0.3 is 5.97 Å². The SMILES string of the molecule is CCCCCCCCCCCCCCCCCCNC(=N)CCCSCCC(=O)OCCCCCCCCC. The number of thioether (sulfide) groups is 1. The first-order chi connectivity index (χ1) is 19.2. The molecule has 0 radical (unpaired) electrons. The van der Waals surface area contributed by atoms with Gasteiger partial charge in [-0.2, -0.15) is 11.8 Å². The number of nitrogens with one attached hydrogen (secondary N) is 2. The quantitative estimate of drug-likeness (QED) is 0.0366. The van der Waals surface area contributed by atoms with Crippen molar-refractivity contribution < 1.29 is 9.53 Å². The van der Waals surface area contributed by atoms with Crippen molar-refractivity contribution in [3.8, 4) is 0 Å². The molecule has 0 rings (SSSR count). The van der Waals surface area contributed by atoms with Gasteiger partial charge in [0.05, 0.1) is 18.9 Å². The van der Waals surface area contributed by atoms with Crippen LogP contribution in [0.4, 0.5) is 0 Å². The third-order valence-corrected chi connectivity index (χ3v) is 8.62. The summed E-state index contributed by atoms with van der Waals surface area (Å²) >= 11 is 1.80. The molecule has 5 heteroatoms. The highest BCUT2D eigenvalue weighted by Crippen LogP contribution is 2.14. The summed E-state index contributed by atoms with van der Waals surface area (Å²) in [5.41, 5.74) is 0. The number of hydrogen-bond donors (Lipinski definition) is 2. The predicted octanol–water partition coefficient (Wildman–Crippen LogP) is 11.0. The minimum Gasteiger partial charge on any atom is -0.466 e. The molecule has 0 amide bonds. The molecule has 0 heterocycles. The van der Waals surface area contributed by atoms with Crippen molar-refractivity contribution in [2.45, 2.75) is 181 Å². The van der Waals surface area contributed by atoms with Crippen molar-refractivity contribution in [3.05, 3.63) is 0 Å². The number of esters is 1. The Hall–Kier alpha value is -0.710. The van der Waals surface area contributed by atoms with Crippen molar-refractivity contribution in [2.24, 2.45) is 0 Å². The Morgan fingerprint density at radius 3 is 1.49 bits per heavy atom. The normalized spacial score (nSPS) is 11.1. The van der Waals surface area contributed by atoms with Gasteiger partial charge in [-0.3, -0.25) is 10.2 Å². The second-order valence-corrected chi connectivity index (χ2v) is 12.7. The van der Waals surface area contributed by atoms with Gasteiger partial charge in [-0.05, 0) is 25.0 Å². The molecule has 0 aliphatic carbocycles. The van der Waals surface area contributed by atoms with Gasteiger partial charge < -0.3 is 10.1 Å². The van der Waals surface area contributed by atoms with Crippen LogP contribution in [-0.4, -0.2) is 36.5 Å². The van der Waals surface area contributed by atoms with Gasteiger partial charge in [-0.25, -0.2) is 0 Å². The zero-order valence-corrected chi connectivity index (χ0v) is 27.3. The lowest BCUT2D eigenvalue weighted by molar-refractivity contribution is -0.143. The van der Waals surface area contributed by atoms with E-state index in [-0.39, 0.29) is 5.97 Å². The van der Waals surface area contributed by atoms with Crippen LogP contribution in [0, 0.1) is 5.41 Å². The Labute approximate surface area is 248 Å². The van der Waals surface area contributed by atoms with Crippen molar-refractivity contribution in [1.29, 1.82) is 5.41 Å². The summed E-state index contributed by atoms with van der Waals surface area (Å²) in [6.07, 6.45) is 33.3. The summed E-state index contributed by atoms with van der Waals surface area (Å²) in [5, 5.41) is 11.4. The summed E-state index contributed by atoms with van der Waals surface area (Å²) in [6.45, 7) is 6.05. The molecule has 0 spiro atoms. The van der Waals surface area contributed by atoms with Crippen molar-refractivity contribution in [1.82, 2.24) is 5.32 Å². The number of rotatable bonds is 32. The van der Waals surface area contributed by atoms with Crippen LogP contribution >= 0.6 is 11.8 Å². The lowest BCUT2D eigenvalue weighted by atomic mass is 10.0. The fourth-order valence-electron chi connectivity index (χ4n) is 4.93. The molecular formula is C34H68N2O2S. The van der Waals surface area contributed by atoms with E-state index in [1.807, 2.05) is 0 Å². The van der Waals surface area contributed by atoms with E-state index in [0.29, 0.717) is 18.9 Å². The molecule has 2 N–H and O–H groups in total. The molecule has 4 nitrogen and oxygen atoms in total. The molecule has 0 bridgehead atoms. The number of unbranched alkanes of at least 4 members (excludes halogenated alkanes) is 21. The molecule has 0 aromatic carbocycles. The zero-order valence-electron chi connectivity index (χ0n) is 26.4. The summed E-state index contributed by atoms with van der Waals surface area (Å²) < 4.78 is 5.34. The van der Waals surface area contributed by atoms with Gasteiger partial charge in [-0.1, -0.05) is 149 Å². The third-order valence-electron chi connectivity index (χ3n) is 7.55. The minimum absolute atomic E-state index is 0.0540. The van der Waals surface area contributed by atoms with Crippen LogP contribution < -0.4 is 5.32 Å². The highest BCUT2D eigenvalue weighted by atomic mass is 32.2. The zero-order chi connectivity index (χ0) is 28.5. The van der Waals surface area contributed by atoms with Crippen LogP contribution in [0.25, 0.3) is 0 Å². The van der Waals surface area contributed by atoms with Crippen molar-refractivity contribution in [2.75, 3.05) is 24.7 Å². The van der Waals surface area contributed by atoms with Gasteiger partial charge in [0.25, 0.3) is 0 Å². The fraction of sp³-hybridized carbons (Fsp3) is 0.941. The molecule has 0 saturated carbocycles. The molecule has 0 saturated heterocycles. The van der Waals surface area contributed by atoms with Gasteiger partial charge in [0, 0.05) is 18.7 Å². The maximum atomic E-state index is 11.8. The van der Waals surface area contributed by atoms with Gasteiger partial charge in [0.2, 0.25) is 0 Å². The van der Waals surface area contributed by atoms with Crippen molar-refractivity contribution in [3.63, 3.8) is 0 Å². The molecule has 0 unspecified atom stereocenters. The summed E-state index contributed by atoms with van der Waals surface area (Å²) in [5.74, 6) is 2.46. The highest BCUT2D eigenvalue weighted by molar-refractivity contribution is 7.99. The van der Waals surface area contributed by atoms with E-state index in [0.717, 1.165) is 37.3 Å². The molecule has 0 fully saturated rings. The summed E-state index contributed by atoms with van der Waals surface area (Å²) in [4.78, 5) is 11.8. The van der Waals surface area contributed by atoms with E-state index in [2.05, 4.69) is 19.2 Å². The predicted molar refractivity (Wildman–Crippen MR) is 175 cm³/mol. The van der Waals surface area contributed by atoms with Crippen LogP contribution in [0.1, 0.15) is 181 Å². The maximum absolute atomic E-state index is 11.8. The molecule has 0 aliphatic rings. The largest absolute Gasteiger partial charge is 0.466 e. The first-order valence-corrected chi connectivity index (χ1v) is 18.4. The fourth-order valence-corrected chi connectivity index (χ4v) is 5.79. The van der Waals surface area contributed by atoms with E-state index < -0.39 is 0 Å². The Morgan fingerprint density at radius 1 is 0.564 bits per heavy atom. The lowest BCUT2D eigenvalue weighted by Crippen LogP contribution is -2.23. The third kappa shape index (κ3) is 33.4. The van der Waals surface area contributed by atoms with Crippen LogP contribution in [0.15, 0.2) is 0 Å². The number of carbonyl (C=O) groups excluding carboxylic acids is 1. The van der Waals surface area contributed by atoms with E-state index in [4.69, 9.17) is 10.1 Å². The smallest absolute Gasteiger partial charge is 0.306 e. The number of ether oxygens (including phenoxy) is 1. The van der Waals surface area contributed by atoms with E-state index in [1.54, 1.807) is 11.8 Å². The minimum atomic E-state index is -0.0540. The standard InChI is InChI=1S/C34H68N2O2S/c1-3-5-7-9-11-12-13-14-15-16-17-18-19-20-22-24-29-36-33(35)27-26-31-39-32-28-34(37)38-30-25-23-21-10-8-6-4-2/h3-32H2,1-2H3,(H2,35,36). The Balaban J connectivity index is 3.24. The maximum Gasteiger partial charge on any atom is 0.306 e. The van der Waals surface area contributed by atoms with Gasteiger partial charge in [0.1, 0.15) is 0 Å². The molecule has 0 aromatic heterocycles. The van der Waals surface area contributed by atoms with Gasteiger partial charge in [0.15, 0.2) is 0 Å². The van der Waals surface area contributed by atoms with Crippen LogP contribution in [0.3, 0.4) is 0 Å². The number of carbonyl (C=O) groups is 1. The first kappa shape index (κ1) is 38.3. The highest BCUT2D eigenvalue weighted by Gasteiger charge is 2.03. The Morgan fingerprint density at radius 2 is 1.00 bits per heavy atom. The molecule has 39 heavy (non-hydrogen) atoms. The average molecular weight is 569 g/mol. The lowest BCUT2D eigenvalue weighted by Gasteiger charge is -2.08. The van der Waals surface area contributed by atoms with Gasteiger partial charge in [-0.15, -0.1) is 0 Å². The van der Waals surface area contributed by atoms with E-state index in [9.17, 15) is 4.79 Å². The first-order valence-electron chi connectivity index (χ1n) is 17.2. The monoisotopic (exact) mass is 569 g/mol. The molecule has 232 valence electrons. The van der Waals surface area contributed by atoms with E-state index >= 15 is 0 Å². The van der Waals surface area contributed by atoms with Crippen LogP contribution in [0.5, 0.6) is 0 Å². The van der Waals surface area contributed by atoms with E-state index in [1.165, 1.54) is 141 Å². The number of amidine groups is 1. The average Bonchev–Trinajstić information content (AvgIpc) is 2.93. The Bertz CT molecular complexity index is 515. The van der Waals surface area contributed by atoms with Crippen molar-refractivity contribution >= 4 is 23.6 Å². The molecule has 0 atom stereocenters. The second-order valence-electron chi connectivity index (χ2n) is 11.5. The molecular weight excluding hydrogens is 500 g/mol. The Kier molecular flexibility index (Phi) is 32.9. The number of hydrogen-bond acceptors (Lipinski definition) is 4. The summed E-state index contributed by atoms with van der Waals surface area (Å²) in [6, 6.07) is 0. The van der Waals surface area contributed by atoms with Crippen LogP contribution in [-0.2, 0) is 9.53 Å². The topological polar surface area (TPSA) is 62.2 Å².